The lowest BCUT2D eigenvalue weighted by Gasteiger charge is -2.37. The summed E-state index contributed by atoms with van der Waals surface area (Å²) in [6.07, 6.45) is 0.689. The zero-order valence-electron chi connectivity index (χ0n) is 10.4. The third-order valence-electron chi connectivity index (χ3n) is 3.43. The van der Waals surface area contributed by atoms with E-state index in [-0.39, 0.29) is 17.9 Å². The second kappa shape index (κ2) is 4.88. The van der Waals surface area contributed by atoms with Crippen LogP contribution in [-0.4, -0.2) is 35.1 Å². The number of carbonyl (C=O) groups is 1. The Kier molecular flexibility index (Phi) is 3.48. The molecule has 1 aliphatic rings. The summed E-state index contributed by atoms with van der Waals surface area (Å²) in [4.78, 5) is 13.8. The monoisotopic (exact) mass is 233 g/mol. The maximum absolute atomic E-state index is 12.0. The fourth-order valence-electron chi connectivity index (χ4n) is 2.09. The first kappa shape index (κ1) is 12.1. The Morgan fingerprint density at radius 2 is 2.00 bits per heavy atom. The average molecular weight is 233 g/mol. The molecule has 1 atom stereocenters. The maximum atomic E-state index is 12.0. The van der Waals surface area contributed by atoms with Gasteiger partial charge < -0.3 is 10.0 Å². The van der Waals surface area contributed by atoms with E-state index in [1.54, 1.807) is 4.90 Å². The molecular weight excluding hydrogens is 214 g/mol. The van der Waals surface area contributed by atoms with Crippen molar-refractivity contribution in [1.82, 2.24) is 4.90 Å². The number of nitrogens with zero attached hydrogens (tertiary/aromatic N) is 1. The van der Waals surface area contributed by atoms with Crippen molar-refractivity contribution < 1.29 is 9.90 Å². The van der Waals surface area contributed by atoms with Crippen molar-refractivity contribution in [1.29, 1.82) is 0 Å². The Morgan fingerprint density at radius 1 is 1.41 bits per heavy atom. The van der Waals surface area contributed by atoms with E-state index in [4.69, 9.17) is 0 Å². The Bertz CT molecular complexity index is 393. The second-order valence-corrected chi connectivity index (χ2v) is 4.71. The quantitative estimate of drug-likeness (QED) is 0.860. The molecule has 1 fully saturated rings. The minimum atomic E-state index is -0.325. The van der Waals surface area contributed by atoms with E-state index < -0.39 is 0 Å². The van der Waals surface area contributed by atoms with Crippen molar-refractivity contribution in [3.8, 4) is 0 Å². The third-order valence-corrected chi connectivity index (χ3v) is 3.43. The zero-order chi connectivity index (χ0) is 12.4. The topological polar surface area (TPSA) is 40.5 Å². The molecule has 92 valence electrons. The molecule has 1 aromatic rings. The lowest BCUT2D eigenvalue weighted by Crippen LogP contribution is -2.54. The van der Waals surface area contributed by atoms with Crippen LogP contribution in [0.1, 0.15) is 30.9 Å². The highest BCUT2D eigenvalue weighted by Crippen LogP contribution is 2.21. The first-order valence-corrected chi connectivity index (χ1v) is 6.17. The number of aliphatic hydroxyl groups is 1. The lowest BCUT2D eigenvalue weighted by molar-refractivity contribution is -0.142. The van der Waals surface area contributed by atoms with Crippen molar-refractivity contribution in [2.75, 3.05) is 13.1 Å². The smallest absolute Gasteiger partial charge is 0.230 e. The number of benzene rings is 1. The fraction of sp³-hybridized carbons (Fsp3) is 0.500. The molecule has 0 aromatic heterocycles. The van der Waals surface area contributed by atoms with E-state index >= 15 is 0 Å². The Labute approximate surface area is 102 Å². The number of aliphatic hydroxyl groups excluding tert-OH is 1. The van der Waals surface area contributed by atoms with Crippen molar-refractivity contribution in [3.63, 3.8) is 0 Å². The van der Waals surface area contributed by atoms with Gasteiger partial charge in [-0.05, 0) is 24.5 Å². The van der Waals surface area contributed by atoms with Crippen molar-refractivity contribution in [2.24, 2.45) is 0 Å². The minimum absolute atomic E-state index is 0.111. The Balaban J connectivity index is 2.03. The van der Waals surface area contributed by atoms with E-state index in [0.29, 0.717) is 13.1 Å². The predicted molar refractivity (Wildman–Crippen MR) is 66.8 cm³/mol. The van der Waals surface area contributed by atoms with E-state index in [1.807, 2.05) is 19.1 Å². The molecule has 1 amide bonds. The second-order valence-electron chi connectivity index (χ2n) is 4.71. The Hall–Kier alpha value is -1.35. The van der Waals surface area contributed by atoms with Gasteiger partial charge >= 0.3 is 0 Å². The van der Waals surface area contributed by atoms with Gasteiger partial charge in [0, 0.05) is 13.1 Å². The van der Waals surface area contributed by atoms with Gasteiger partial charge in [-0.2, -0.15) is 0 Å². The number of aryl methyl sites for hydroxylation is 1. The highest BCUT2D eigenvalue weighted by Gasteiger charge is 2.31. The summed E-state index contributed by atoms with van der Waals surface area (Å²) in [5.74, 6) is -0.00652. The standard InChI is InChI=1S/C14H19NO2/c1-3-11-4-6-12(7-5-11)10(2)14(17)15-8-13(16)9-15/h4-7,10,13,16H,3,8-9H2,1-2H3. The molecule has 1 saturated heterocycles. The molecule has 1 heterocycles. The van der Waals surface area contributed by atoms with Gasteiger partial charge in [0.25, 0.3) is 0 Å². The summed E-state index contributed by atoms with van der Waals surface area (Å²) < 4.78 is 0. The molecule has 3 nitrogen and oxygen atoms in total. The molecule has 1 N–H and O–H groups in total. The molecule has 1 aliphatic heterocycles. The molecule has 2 rings (SSSR count). The number of β-amino-alcohol motifs (C(OH)–C–C–N with tert-alkyl or cyclic N) is 1. The molecule has 0 bridgehead atoms. The summed E-state index contributed by atoms with van der Waals surface area (Å²) in [5.41, 5.74) is 2.33. The van der Waals surface area contributed by atoms with Gasteiger partial charge in [0.1, 0.15) is 0 Å². The lowest BCUT2D eigenvalue weighted by atomic mass is 9.96. The van der Waals surface area contributed by atoms with Crippen LogP contribution in [0.15, 0.2) is 24.3 Å². The molecular formula is C14H19NO2. The highest BCUT2D eigenvalue weighted by atomic mass is 16.3. The van der Waals surface area contributed by atoms with E-state index in [9.17, 15) is 9.90 Å². The highest BCUT2D eigenvalue weighted by molar-refractivity contribution is 5.84. The summed E-state index contributed by atoms with van der Waals surface area (Å²) in [6, 6.07) is 8.20. The fourth-order valence-corrected chi connectivity index (χ4v) is 2.09. The van der Waals surface area contributed by atoms with Crippen LogP contribution in [-0.2, 0) is 11.2 Å². The zero-order valence-corrected chi connectivity index (χ0v) is 10.4. The van der Waals surface area contributed by atoms with Crippen LogP contribution in [0.2, 0.25) is 0 Å². The third kappa shape index (κ3) is 2.50. The van der Waals surface area contributed by atoms with Gasteiger partial charge in [0.2, 0.25) is 5.91 Å². The van der Waals surface area contributed by atoms with Gasteiger partial charge in [0.05, 0.1) is 12.0 Å². The first-order chi connectivity index (χ1) is 8.11. The number of amides is 1. The minimum Gasteiger partial charge on any atom is -0.389 e. The van der Waals surface area contributed by atoms with Crippen LogP contribution in [0.25, 0.3) is 0 Å². The summed E-state index contributed by atoms with van der Waals surface area (Å²) in [5, 5.41) is 9.19. The maximum Gasteiger partial charge on any atom is 0.230 e. The van der Waals surface area contributed by atoms with Gasteiger partial charge in [-0.15, -0.1) is 0 Å². The first-order valence-electron chi connectivity index (χ1n) is 6.17. The number of hydrogen-bond donors (Lipinski definition) is 1. The van der Waals surface area contributed by atoms with Gasteiger partial charge in [-0.1, -0.05) is 31.2 Å². The number of likely N-dealkylation sites (tertiary alicyclic amines) is 1. The number of rotatable bonds is 3. The summed E-state index contributed by atoms with van der Waals surface area (Å²) in [6.45, 7) is 5.01. The molecule has 3 heteroatoms. The van der Waals surface area contributed by atoms with Crippen LogP contribution < -0.4 is 0 Å². The van der Waals surface area contributed by atoms with Crippen LogP contribution in [0.3, 0.4) is 0 Å². The van der Waals surface area contributed by atoms with Gasteiger partial charge in [-0.25, -0.2) is 0 Å². The average Bonchev–Trinajstić information content (AvgIpc) is 2.33. The summed E-state index contributed by atoms with van der Waals surface area (Å²) in [7, 11) is 0. The predicted octanol–water partition coefficient (Wildman–Crippen LogP) is 1.56. The van der Waals surface area contributed by atoms with Crippen molar-refractivity contribution in [3.05, 3.63) is 35.4 Å². The molecule has 17 heavy (non-hydrogen) atoms. The van der Waals surface area contributed by atoms with Crippen molar-refractivity contribution in [2.45, 2.75) is 32.3 Å². The van der Waals surface area contributed by atoms with Crippen molar-refractivity contribution >= 4 is 5.91 Å². The molecule has 1 unspecified atom stereocenters. The number of carbonyl (C=O) groups excluding carboxylic acids is 1. The van der Waals surface area contributed by atoms with E-state index in [2.05, 4.69) is 19.1 Å². The van der Waals surface area contributed by atoms with Gasteiger partial charge in [0.15, 0.2) is 0 Å². The Morgan fingerprint density at radius 3 is 2.47 bits per heavy atom. The number of hydrogen-bond acceptors (Lipinski definition) is 2. The van der Waals surface area contributed by atoms with E-state index in [0.717, 1.165) is 12.0 Å². The summed E-state index contributed by atoms with van der Waals surface area (Å²) >= 11 is 0. The molecule has 0 saturated carbocycles. The van der Waals surface area contributed by atoms with Crippen LogP contribution in [0.4, 0.5) is 0 Å². The van der Waals surface area contributed by atoms with E-state index in [1.165, 1.54) is 5.56 Å². The molecule has 0 aliphatic carbocycles. The van der Waals surface area contributed by atoms with Crippen LogP contribution >= 0.6 is 0 Å². The SMILES string of the molecule is CCc1ccc(C(C)C(=O)N2CC(O)C2)cc1. The van der Waals surface area contributed by atoms with Crippen LogP contribution in [0, 0.1) is 0 Å². The largest absolute Gasteiger partial charge is 0.389 e. The van der Waals surface area contributed by atoms with Gasteiger partial charge in [-0.3, -0.25) is 4.79 Å². The normalized spacial score (nSPS) is 17.7. The van der Waals surface area contributed by atoms with Crippen LogP contribution in [0.5, 0.6) is 0 Å². The molecule has 1 aromatic carbocycles. The molecule has 0 radical (unpaired) electrons. The molecule has 0 spiro atoms.